The monoisotopic (exact) mass is 339 g/mol. The van der Waals surface area contributed by atoms with Gasteiger partial charge in [0.1, 0.15) is 5.60 Å². The van der Waals surface area contributed by atoms with Gasteiger partial charge in [0.2, 0.25) is 11.8 Å². The van der Waals surface area contributed by atoms with E-state index in [0.717, 1.165) is 31.5 Å². The second-order valence-corrected chi connectivity index (χ2v) is 7.44. The van der Waals surface area contributed by atoms with Crippen molar-refractivity contribution in [2.75, 3.05) is 26.2 Å². The molecule has 3 fully saturated rings. The third-order valence-electron chi connectivity index (χ3n) is 6.05. The summed E-state index contributed by atoms with van der Waals surface area (Å²) < 4.78 is 6.16. The van der Waals surface area contributed by atoms with Crippen molar-refractivity contribution in [2.24, 2.45) is 11.8 Å². The zero-order valence-electron chi connectivity index (χ0n) is 14.0. The molecular formula is C19H21N3O3. The summed E-state index contributed by atoms with van der Waals surface area (Å²) in [5, 5.41) is 0. The lowest BCUT2D eigenvalue weighted by atomic mass is 9.76. The first-order chi connectivity index (χ1) is 12.2. The molecule has 2 amide bonds. The van der Waals surface area contributed by atoms with E-state index in [0.29, 0.717) is 13.1 Å². The van der Waals surface area contributed by atoms with Gasteiger partial charge in [0, 0.05) is 32.0 Å². The number of carbonyl (C=O) groups excluding carboxylic acids is 2. The van der Waals surface area contributed by atoms with Crippen LogP contribution in [0.25, 0.3) is 0 Å². The topological polar surface area (TPSA) is 62.7 Å². The number of likely N-dealkylation sites (tertiary alicyclic amines) is 2. The van der Waals surface area contributed by atoms with Gasteiger partial charge in [-0.1, -0.05) is 12.2 Å². The van der Waals surface area contributed by atoms with Crippen LogP contribution in [0.3, 0.4) is 0 Å². The van der Waals surface area contributed by atoms with Crippen LogP contribution in [-0.2, 0) is 20.7 Å². The highest BCUT2D eigenvalue weighted by Gasteiger charge is 2.67. The van der Waals surface area contributed by atoms with Crippen molar-refractivity contribution in [3.8, 4) is 0 Å². The Hall–Kier alpha value is -2.21. The fourth-order valence-corrected chi connectivity index (χ4v) is 4.61. The van der Waals surface area contributed by atoms with E-state index in [9.17, 15) is 9.59 Å². The molecule has 5 heterocycles. The van der Waals surface area contributed by atoms with E-state index in [2.05, 4.69) is 4.98 Å². The van der Waals surface area contributed by atoms with E-state index in [-0.39, 0.29) is 29.8 Å². The number of hydrogen-bond acceptors (Lipinski definition) is 4. The average molecular weight is 339 g/mol. The standard InChI is InChI=1S/C19H21N3O3/c23-17(21-9-1-10-21)15-14-2-6-19(25-14)12-22(18(24)16(15)19)11-5-13-3-7-20-8-4-13/h2-4,6-8,14-16H,1,5,9-12H2/t14-,15+,16-,19-/m0/s1. The van der Waals surface area contributed by atoms with Gasteiger partial charge >= 0.3 is 0 Å². The van der Waals surface area contributed by atoms with Crippen LogP contribution >= 0.6 is 0 Å². The van der Waals surface area contributed by atoms with Crippen LogP contribution in [0.15, 0.2) is 36.7 Å². The van der Waals surface area contributed by atoms with Gasteiger partial charge < -0.3 is 14.5 Å². The number of pyridine rings is 1. The molecule has 4 aliphatic rings. The molecule has 1 aromatic rings. The summed E-state index contributed by atoms with van der Waals surface area (Å²) in [5.74, 6) is -0.534. The minimum Gasteiger partial charge on any atom is -0.360 e. The molecule has 1 aromatic heterocycles. The van der Waals surface area contributed by atoms with E-state index in [1.807, 2.05) is 34.1 Å². The number of nitrogens with zero attached hydrogens (tertiary/aromatic N) is 3. The maximum atomic E-state index is 13.1. The predicted octanol–water partition coefficient (Wildman–Crippen LogP) is 0.638. The lowest BCUT2D eigenvalue weighted by Gasteiger charge is -2.35. The molecule has 0 N–H and O–H groups in total. The van der Waals surface area contributed by atoms with Crippen LogP contribution in [0.2, 0.25) is 0 Å². The first kappa shape index (κ1) is 15.1. The summed E-state index contributed by atoms with van der Waals surface area (Å²) in [4.78, 5) is 33.6. The predicted molar refractivity (Wildman–Crippen MR) is 89.4 cm³/mol. The van der Waals surface area contributed by atoms with Gasteiger partial charge in [0.25, 0.3) is 0 Å². The largest absolute Gasteiger partial charge is 0.360 e. The van der Waals surface area contributed by atoms with Crippen LogP contribution in [0.1, 0.15) is 12.0 Å². The molecule has 4 atom stereocenters. The van der Waals surface area contributed by atoms with Crippen LogP contribution in [-0.4, -0.2) is 64.5 Å². The highest BCUT2D eigenvalue weighted by atomic mass is 16.5. The molecule has 5 rings (SSSR count). The number of hydrogen-bond donors (Lipinski definition) is 0. The molecule has 0 aromatic carbocycles. The molecule has 0 saturated carbocycles. The summed E-state index contributed by atoms with van der Waals surface area (Å²) in [5.41, 5.74) is 0.567. The highest BCUT2D eigenvalue weighted by Crippen LogP contribution is 2.52. The summed E-state index contributed by atoms with van der Waals surface area (Å²) in [6.45, 7) is 2.82. The fraction of sp³-hybridized carbons (Fsp3) is 0.526. The molecule has 2 bridgehead atoms. The summed E-state index contributed by atoms with van der Waals surface area (Å²) in [7, 11) is 0. The third-order valence-corrected chi connectivity index (χ3v) is 6.05. The van der Waals surface area contributed by atoms with Gasteiger partial charge in [0.15, 0.2) is 0 Å². The van der Waals surface area contributed by atoms with E-state index in [1.54, 1.807) is 12.4 Å². The van der Waals surface area contributed by atoms with Gasteiger partial charge in [-0.3, -0.25) is 14.6 Å². The number of rotatable bonds is 4. The number of amides is 2. The van der Waals surface area contributed by atoms with Gasteiger partial charge in [0.05, 0.1) is 24.5 Å². The Kier molecular flexibility index (Phi) is 3.25. The molecule has 25 heavy (non-hydrogen) atoms. The second kappa shape index (κ2) is 5.39. The van der Waals surface area contributed by atoms with Crippen LogP contribution in [0.4, 0.5) is 0 Å². The zero-order valence-corrected chi connectivity index (χ0v) is 14.0. The van der Waals surface area contributed by atoms with Crippen molar-refractivity contribution in [1.82, 2.24) is 14.8 Å². The van der Waals surface area contributed by atoms with Crippen molar-refractivity contribution in [3.63, 3.8) is 0 Å². The minimum absolute atomic E-state index is 0.0692. The molecule has 4 aliphatic heterocycles. The average Bonchev–Trinajstić information content (AvgIpc) is 3.21. The van der Waals surface area contributed by atoms with Gasteiger partial charge in [-0.25, -0.2) is 0 Å². The summed E-state index contributed by atoms with van der Waals surface area (Å²) in [6, 6.07) is 3.94. The molecule has 0 aliphatic carbocycles. The normalized spacial score (nSPS) is 35.2. The number of ether oxygens (including phenoxy) is 1. The number of aromatic nitrogens is 1. The van der Waals surface area contributed by atoms with Crippen molar-refractivity contribution < 1.29 is 14.3 Å². The first-order valence-electron chi connectivity index (χ1n) is 9.02. The SMILES string of the molecule is O=C([C@@H]1[C@@H]2C=C[C@@]3(CN(CCc4ccncc4)C(=O)[C@H]13)O2)N1CCC1. The van der Waals surface area contributed by atoms with Gasteiger partial charge in [-0.15, -0.1) is 0 Å². The quantitative estimate of drug-likeness (QED) is 0.755. The van der Waals surface area contributed by atoms with E-state index < -0.39 is 5.60 Å². The lowest BCUT2D eigenvalue weighted by molar-refractivity contribution is -0.145. The molecule has 3 saturated heterocycles. The first-order valence-corrected chi connectivity index (χ1v) is 9.02. The van der Waals surface area contributed by atoms with Crippen LogP contribution in [0.5, 0.6) is 0 Å². The summed E-state index contributed by atoms with van der Waals surface area (Å²) in [6.07, 6.45) is 9.15. The number of carbonyl (C=O) groups is 2. The Bertz CT molecular complexity index is 746. The minimum atomic E-state index is -0.592. The maximum Gasteiger partial charge on any atom is 0.230 e. The van der Waals surface area contributed by atoms with Crippen LogP contribution in [0, 0.1) is 11.8 Å². The lowest BCUT2D eigenvalue weighted by Crippen LogP contribution is -2.50. The Morgan fingerprint density at radius 3 is 2.84 bits per heavy atom. The van der Waals surface area contributed by atoms with Gasteiger partial charge in [-0.05, 0) is 30.5 Å². The van der Waals surface area contributed by atoms with E-state index in [1.165, 1.54) is 0 Å². The molecule has 1 spiro atoms. The van der Waals surface area contributed by atoms with E-state index in [4.69, 9.17) is 4.74 Å². The molecule has 0 unspecified atom stereocenters. The Morgan fingerprint density at radius 2 is 2.12 bits per heavy atom. The molecule has 6 heteroatoms. The van der Waals surface area contributed by atoms with Crippen molar-refractivity contribution >= 4 is 11.8 Å². The molecule has 0 radical (unpaired) electrons. The van der Waals surface area contributed by atoms with Crippen LogP contribution < -0.4 is 0 Å². The second-order valence-electron chi connectivity index (χ2n) is 7.44. The third kappa shape index (κ3) is 2.16. The van der Waals surface area contributed by atoms with E-state index >= 15 is 0 Å². The smallest absolute Gasteiger partial charge is 0.230 e. The molecule has 130 valence electrons. The summed E-state index contributed by atoms with van der Waals surface area (Å²) >= 11 is 0. The maximum absolute atomic E-state index is 13.1. The molecular weight excluding hydrogens is 318 g/mol. The van der Waals surface area contributed by atoms with Crippen molar-refractivity contribution in [1.29, 1.82) is 0 Å². The van der Waals surface area contributed by atoms with Gasteiger partial charge in [-0.2, -0.15) is 0 Å². The zero-order chi connectivity index (χ0) is 17.0. The fourth-order valence-electron chi connectivity index (χ4n) is 4.61. The van der Waals surface area contributed by atoms with Crippen molar-refractivity contribution in [3.05, 3.63) is 42.2 Å². The molecule has 6 nitrogen and oxygen atoms in total. The van der Waals surface area contributed by atoms with Crippen molar-refractivity contribution in [2.45, 2.75) is 24.5 Å². The highest BCUT2D eigenvalue weighted by molar-refractivity contribution is 5.93. The number of fused-ring (bicyclic) bond motifs is 1. The Balaban J connectivity index is 1.35. The Labute approximate surface area is 146 Å². The Morgan fingerprint density at radius 1 is 1.32 bits per heavy atom.